The van der Waals surface area contributed by atoms with E-state index in [-0.39, 0.29) is 17.7 Å². The minimum absolute atomic E-state index is 0.0155. The molecule has 3 aliphatic rings. The molecule has 6 N–H and O–H groups in total. The number of fused-ring (bicyclic) bond motifs is 1. The van der Waals surface area contributed by atoms with Gasteiger partial charge in [0.05, 0.1) is 30.0 Å². The molecule has 0 radical (unpaired) electrons. The van der Waals surface area contributed by atoms with Crippen LogP contribution in [0.4, 0.5) is 0 Å². The smallest absolute Gasteiger partial charge is 0.334 e. The molecule has 1 aromatic rings. The third kappa shape index (κ3) is 5.64. The number of ether oxygens (including phenoxy) is 4. The van der Waals surface area contributed by atoms with E-state index in [1.807, 2.05) is 0 Å². The summed E-state index contributed by atoms with van der Waals surface area (Å²) in [7, 11) is 0. The van der Waals surface area contributed by atoms with Gasteiger partial charge in [0.25, 0.3) is 0 Å². The molecular formula is C25H30O12. The van der Waals surface area contributed by atoms with Crippen LogP contribution in [0, 0.1) is 11.8 Å². The van der Waals surface area contributed by atoms with Crippen molar-refractivity contribution < 1.29 is 59.2 Å². The van der Waals surface area contributed by atoms with Gasteiger partial charge < -0.3 is 49.6 Å². The zero-order valence-corrected chi connectivity index (χ0v) is 19.9. The summed E-state index contributed by atoms with van der Waals surface area (Å²) in [4.78, 5) is 24.2. The summed E-state index contributed by atoms with van der Waals surface area (Å²) >= 11 is 0. The van der Waals surface area contributed by atoms with Gasteiger partial charge >= 0.3 is 11.9 Å². The van der Waals surface area contributed by atoms with Gasteiger partial charge in [-0.3, -0.25) is 0 Å². The van der Waals surface area contributed by atoms with Crippen LogP contribution >= 0.6 is 0 Å². The Kier molecular flexibility index (Phi) is 7.88. The van der Waals surface area contributed by atoms with Gasteiger partial charge in [-0.05, 0) is 43.5 Å². The molecule has 1 saturated heterocycles. The Hall–Kier alpha value is -3.00. The average Bonchev–Trinajstić information content (AvgIpc) is 3.18. The number of rotatable bonds is 7. The van der Waals surface area contributed by atoms with Gasteiger partial charge in [-0.1, -0.05) is 12.1 Å². The minimum atomic E-state index is -1.71. The fraction of sp³-hybridized carbons (Fsp3) is 0.520. The minimum Gasteiger partial charge on any atom is -0.508 e. The Morgan fingerprint density at radius 1 is 1.16 bits per heavy atom. The van der Waals surface area contributed by atoms with Gasteiger partial charge in [0.1, 0.15) is 24.1 Å². The molecule has 12 heteroatoms. The SMILES string of the molecule is C[C@@]1(O)CC[C@H]2C(C(=O)O)=CO[C@@H](O[C@@H]3O[C@@H](CO)[C@@H](O)[C@@H](O)[C@H]3OC(=O)C=Cc3ccc(O)cc3)[C@@H]21. The molecule has 1 aliphatic carbocycles. The number of hydrogen-bond acceptors (Lipinski definition) is 11. The number of aromatic hydroxyl groups is 1. The Bertz CT molecular complexity index is 1050. The van der Waals surface area contributed by atoms with E-state index in [1.54, 1.807) is 12.1 Å². The second-order valence-electron chi connectivity index (χ2n) is 9.58. The van der Waals surface area contributed by atoms with Crippen molar-refractivity contribution in [3.8, 4) is 5.75 Å². The maximum absolute atomic E-state index is 12.5. The normalized spacial score (nSPS) is 37.5. The van der Waals surface area contributed by atoms with Crippen molar-refractivity contribution in [3.05, 3.63) is 47.7 Å². The second-order valence-corrected chi connectivity index (χ2v) is 9.58. The predicted molar refractivity (Wildman–Crippen MR) is 123 cm³/mol. The number of carbonyl (C=O) groups excluding carboxylic acids is 1. The molecule has 37 heavy (non-hydrogen) atoms. The molecule has 2 heterocycles. The maximum atomic E-state index is 12.5. The van der Waals surface area contributed by atoms with Gasteiger partial charge in [-0.25, -0.2) is 9.59 Å². The molecule has 12 nitrogen and oxygen atoms in total. The third-order valence-electron chi connectivity index (χ3n) is 7.03. The first-order valence-corrected chi connectivity index (χ1v) is 11.8. The molecule has 0 spiro atoms. The first kappa shape index (κ1) is 27.0. The van der Waals surface area contributed by atoms with Crippen molar-refractivity contribution in [2.45, 2.75) is 62.4 Å². The summed E-state index contributed by atoms with van der Waals surface area (Å²) in [6.45, 7) is 0.850. The molecule has 1 aromatic carbocycles. The highest BCUT2D eigenvalue weighted by molar-refractivity contribution is 5.87. The first-order valence-electron chi connectivity index (χ1n) is 11.8. The van der Waals surface area contributed by atoms with Crippen LogP contribution < -0.4 is 0 Å². The Labute approximate surface area is 212 Å². The van der Waals surface area contributed by atoms with Crippen molar-refractivity contribution >= 4 is 18.0 Å². The Balaban J connectivity index is 1.55. The number of phenolic OH excluding ortho intramolecular Hbond substituents is 1. The van der Waals surface area contributed by atoms with Crippen molar-refractivity contribution in [2.75, 3.05) is 6.61 Å². The summed E-state index contributed by atoms with van der Waals surface area (Å²) in [6.07, 6.45) is -4.80. The molecule has 0 bridgehead atoms. The highest BCUT2D eigenvalue weighted by Gasteiger charge is 2.56. The quantitative estimate of drug-likeness (QED) is 0.206. The molecule has 1 saturated carbocycles. The number of benzene rings is 1. The van der Waals surface area contributed by atoms with Crippen LogP contribution in [0.15, 0.2) is 42.2 Å². The number of carboxylic acid groups (broad SMARTS) is 1. The van der Waals surface area contributed by atoms with E-state index >= 15 is 0 Å². The van der Waals surface area contributed by atoms with E-state index in [0.29, 0.717) is 12.0 Å². The largest absolute Gasteiger partial charge is 0.508 e. The average molecular weight is 523 g/mol. The highest BCUT2D eigenvalue weighted by Crippen LogP contribution is 2.49. The summed E-state index contributed by atoms with van der Waals surface area (Å²) in [6, 6.07) is 5.97. The predicted octanol–water partition coefficient (Wildman–Crippen LogP) is -0.125. The molecule has 202 valence electrons. The Morgan fingerprint density at radius 3 is 2.51 bits per heavy atom. The number of aliphatic hydroxyl groups is 4. The molecule has 0 aromatic heterocycles. The second kappa shape index (κ2) is 10.8. The Morgan fingerprint density at radius 2 is 1.86 bits per heavy atom. The number of esters is 1. The van der Waals surface area contributed by atoms with Crippen LogP contribution in [0.1, 0.15) is 25.3 Å². The van der Waals surface area contributed by atoms with Crippen LogP contribution in [-0.2, 0) is 28.5 Å². The first-order chi connectivity index (χ1) is 17.5. The van der Waals surface area contributed by atoms with E-state index in [0.717, 1.165) is 12.3 Å². The molecule has 4 rings (SSSR count). The lowest BCUT2D eigenvalue weighted by Gasteiger charge is -2.44. The maximum Gasteiger partial charge on any atom is 0.334 e. The molecule has 2 aliphatic heterocycles. The van der Waals surface area contributed by atoms with E-state index in [9.17, 15) is 40.2 Å². The lowest BCUT2D eigenvalue weighted by molar-refractivity contribution is -0.346. The van der Waals surface area contributed by atoms with Crippen LogP contribution in [0.2, 0.25) is 0 Å². The summed E-state index contributed by atoms with van der Waals surface area (Å²) in [5, 5.41) is 60.4. The van der Waals surface area contributed by atoms with Crippen LogP contribution in [0.5, 0.6) is 5.75 Å². The van der Waals surface area contributed by atoms with Gasteiger partial charge in [0.2, 0.25) is 12.6 Å². The molecule has 2 fully saturated rings. The van der Waals surface area contributed by atoms with Gasteiger partial charge in [0.15, 0.2) is 6.10 Å². The third-order valence-corrected chi connectivity index (χ3v) is 7.03. The number of carbonyl (C=O) groups is 2. The summed E-state index contributed by atoms with van der Waals surface area (Å²) in [5.74, 6) is -3.46. The number of hydrogen-bond donors (Lipinski definition) is 6. The van der Waals surface area contributed by atoms with Crippen LogP contribution in [0.25, 0.3) is 6.08 Å². The number of aliphatic carboxylic acids is 1. The van der Waals surface area contributed by atoms with Crippen LogP contribution in [-0.4, -0.2) is 91.8 Å². The zero-order valence-electron chi connectivity index (χ0n) is 19.9. The summed E-state index contributed by atoms with van der Waals surface area (Å²) < 4.78 is 22.3. The lowest BCUT2D eigenvalue weighted by Crippen LogP contribution is -2.61. The molecule has 9 atom stereocenters. The molecular weight excluding hydrogens is 492 g/mol. The van der Waals surface area contributed by atoms with Crippen LogP contribution in [0.3, 0.4) is 0 Å². The number of carboxylic acids is 1. The topological polar surface area (TPSA) is 192 Å². The lowest BCUT2D eigenvalue weighted by atomic mass is 9.81. The fourth-order valence-corrected chi connectivity index (χ4v) is 5.04. The van der Waals surface area contributed by atoms with E-state index in [4.69, 9.17) is 18.9 Å². The van der Waals surface area contributed by atoms with E-state index in [2.05, 4.69) is 0 Å². The molecule has 0 unspecified atom stereocenters. The van der Waals surface area contributed by atoms with Gasteiger partial charge in [0, 0.05) is 12.0 Å². The van der Waals surface area contributed by atoms with Crippen molar-refractivity contribution in [3.63, 3.8) is 0 Å². The number of phenols is 1. The number of aliphatic hydroxyl groups excluding tert-OH is 3. The standard InChI is InChI=1S/C25H30O12/c1-25(33)9-8-14-15(22(31)32)11-34-23(18(14)25)37-24-21(20(30)19(29)16(10-26)35-24)36-17(28)7-4-12-2-5-13(27)6-3-12/h2-7,11,14,16,18-21,23-24,26-27,29-30,33H,8-10H2,1H3,(H,31,32)/t14-,16-,18+,19+,20+,21+,23-,24-,25+/m0/s1. The van der Waals surface area contributed by atoms with Crippen molar-refractivity contribution in [2.24, 2.45) is 11.8 Å². The van der Waals surface area contributed by atoms with E-state index in [1.165, 1.54) is 25.1 Å². The highest BCUT2D eigenvalue weighted by atomic mass is 16.8. The molecule has 0 amide bonds. The zero-order chi connectivity index (χ0) is 26.9. The monoisotopic (exact) mass is 522 g/mol. The van der Waals surface area contributed by atoms with Gasteiger partial charge in [-0.15, -0.1) is 0 Å². The van der Waals surface area contributed by atoms with Crippen molar-refractivity contribution in [1.82, 2.24) is 0 Å². The van der Waals surface area contributed by atoms with Gasteiger partial charge in [-0.2, -0.15) is 0 Å². The summed E-state index contributed by atoms with van der Waals surface area (Å²) in [5.41, 5.74) is -0.792. The van der Waals surface area contributed by atoms with E-state index < -0.39 is 73.0 Å². The van der Waals surface area contributed by atoms with Crippen molar-refractivity contribution in [1.29, 1.82) is 0 Å². The fourth-order valence-electron chi connectivity index (χ4n) is 5.04.